The van der Waals surface area contributed by atoms with Crippen LogP contribution in [-0.4, -0.2) is 40.3 Å². The van der Waals surface area contributed by atoms with Crippen LogP contribution in [0.25, 0.3) is 0 Å². The van der Waals surface area contributed by atoms with Crippen LogP contribution in [0.15, 0.2) is 54.9 Å². The number of aromatic nitrogens is 2. The van der Waals surface area contributed by atoms with Crippen molar-refractivity contribution in [3.63, 3.8) is 0 Å². The van der Waals surface area contributed by atoms with Gasteiger partial charge in [-0.25, -0.2) is 14.2 Å². The van der Waals surface area contributed by atoms with E-state index in [1.807, 2.05) is 0 Å². The highest BCUT2D eigenvalue weighted by molar-refractivity contribution is 6.34. The molecule has 1 aliphatic heterocycles. The highest BCUT2D eigenvalue weighted by Gasteiger charge is 2.49. The smallest absolute Gasteiger partial charge is 0.362 e. The number of nitrogens with zero attached hydrogens (tertiary/aromatic N) is 2. The summed E-state index contributed by atoms with van der Waals surface area (Å²) in [7, 11) is 0. The summed E-state index contributed by atoms with van der Waals surface area (Å²) in [5.74, 6) is -1.29. The van der Waals surface area contributed by atoms with Crippen molar-refractivity contribution in [2.45, 2.75) is 38.1 Å². The minimum Gasteiger partial charge on any atom is -0.422 e. The fraction of sp³-hybridized carbons (Fsp3) is 0.308. The predicted molar refractivity (Wildman–Crippen MR) is 131 cm³/mol. The van der Waals surface area contributed by atoms with Crippen molar-refractivity contribution in [2.24, 2.45) is 5.41 Å². The number of nitrogens with one attached hydrogen (secondary N) is 2. The Bertz CT molecular complexity index is 1300. The predicted octanol–water partition coefficient (Wildman–Crippen LogP) is 4.52. The van der Waals surface area contributed by atoms with Crippen molar-refractivity contribution in [1.82, 2.24) is 15.3 Å². The molecule has 2 N–H and O–H groups in total. The number of hydrogen-bond acceptors (Lipinski definition) is 5. The molecular formula is C26H24ClFN4O4. The zero-order valence-electron chi connectivity index (χ0n) is 19.3. The molecule has 5 rings (SSSR count). The minimum absolute atomic E-state index is 0.0148. The molecule has 10 heteroatoms. The topological polar surface area (TPSA) is 104 Å². The lowest BCUT2D eigenvalue weighted by Crippen LogP contribution is -2.44. The first kappa shape index (κ1) is 24.0. The summed E-state index contributed by atoms with van der Waals surface area (Å²) in [6.45, 7) is 0.515. The van der Waals surface area contributed by atoms with Gasteiger partial charge in [0, 0.05) is 12.6 Å². The summed E-state index contributed by atoms with van der Waals surface area (Å²) < 4.78 is 18.8. The fourth-order valence-corrected chi connectivity index (χ4v) is 5.32. The SMILES string of the molecule is O=C(NC1CCC2(CC1)CCN(c1ccc(F)cc1Cl)C2=O)c1nc[nH]c1C(=O)Oc1ccccc1. The van der Waals surface area contributed by atoms with E-state index in [0.29, 0.717) is 50.1 Å². The lowest BCUT2D eigenvalue weighted by molar-refractivity contribution is -0.127. The molecule has 2 heterocycles. The largest absolute Gasteiger partial charge is 0.422 e. The van der Waals surface area contributed by atoms with Crippen LogP contribution in [0.3, 0.4) is 0 Å². The Morgan fingerprint density at radius 2 is 1.89 bits per heavy atom. The Labute approximate surface area is 211 Å². The molecule has 2 amide bonds. The van der Waals surface area contributed by atoms with Crippen molar-refractivity contribution in [3.8, 4) is 5.75 Å². The normalized spacial score (nSPS) is 21.6. The number of H-pyrrole nitrogens is 1. The number of rotatable bonds is 5. The van der Waals surface area contributed by atoms with Gasteiger partial charge in [-0.3, -0.25) is 9.59 Å². The molecule has 1 spiro atoms. The van der Waals surface area contributed by atoms with Gasteiger partial charge in [-0.1, -0.05) is 29.8 Å². The number of hydrogen-bond donors (Lipinski definition) is 2. The number of carbonyl (C=O) groups excluding carboxylic acids is 3. The van der Waals surface area contributed by atoms with Crippen LogP contribution in [-0.2, 0) is 4.79 Å². The van der Waals surface area contributed by atoms with E-state index in [1.54, 1.807) is 35.2 Å². The average molecular weight is 511 g/mol. The first-order valence-corrected chi connectivity index (χ1v) is 12.1. The number of benzene rings is 2. The molecular weight excluding hydrogens is 487 g/mol. The Morgan fingerprint density at radius 3 is 2.61 bits per heavy atom. The molecule has 8 nitrogen and oxygen atoms in total. The molecule has 0 bridgehead atoms. The maximum atomic E-state index is 13.4. The standard InChI is InChI=1S/C26H24ClFN4O4/c27-19-14-16(28)6-7-20(19)32-13-12-26(25(32)35)10-8-17(9-11-26)31-23(33)21-22(30-15-29-21)24(34)36-18-4-2-1-3-5-18/h1-7,14-15,17H,8-13H2,(H,29,30)(H,31,33). The van der Waals surface area contributed by atoms with Crippen molar-refractivity contribution in [3.05, 3.63) is 77.1 Å². The van der Waals surface area contributed by atoms with E-state index in [-0.39, 0.29) is 28.4 Å². The molecule has 0 unspecified atom stereocenters. The van der Waals surface area contributed by atoms with Gasteiger partial charge in [0.05, 0.1) is 22.5 Å². The molecule has 1 aromatic heterocycles. The third-order valence-corrected chi connectivity index (χ3v) is 7.31. The number of para-hydroxylation sites is 1. The summed E-state index contributed by atoms with van der Waals surface area (Å²) in [5.41, 5.74) is -0.0637. The maximum Gasteiger partial charge on any atom is 0.362 e. The fourth-order valence-electron chi connectivity index (χ4n) is 5.05. The molecule has 3 aromatic rings. The molecule has 1 saturated carbocycles. The van der Waals surface area contributed by atoms with Crippen LogP contribution in [0.2, 0.25) is 5.02 Å². The summed E-state index contributed by atoms with van der Waals surface area (Å²) in [6.07, 6.45) is 4.38. The number of anilines is 1. The van der Waals surface area contributed by atoms with Gasteiger partial charge in [0.15, 0.2) is 11.4 Å². The van der Waals surface area contributed by atoms with Gasteiger partial charge in [-0.05, 0) is 62.4 Å². The molecule has 36 heavy (non-hydrogen) atoms. The van der Waals surface area contributed by atoms with Gasteiger partial charge in [0.1, 0.15) is 11.6 Å². The summed E-state index contributed by atoms with van der Waals surface area (Å²) in [4.78, 5) is 47.1. The Morgan fingerprint density at radius 1 is 1.14 bits per heavy atom. The van der Waals surface area contributed by atoms with Gasteiger partial charge in [0.25, 0.3) is 5.91 Å². The third-order valence-electron chi connectivity index (χ3n) is 7.00. The molecule has 2 aliphatic rings. The van der Waals surface area contributed by atoms with Gasteiger partial charge < -0.3 is 19.9 Å². The average Bonchev–Trinajstić information content (AvgIpc) is 3.48. The summed E-state index contributed by atoms with van der Waals surface area (Å²) in [6, 6.07) is 12.4. The molecule has 186 valence electrons. The van der Waals surface area contributed by atoms with E-state index >= 15 is 0 Å². The quantitative estimate of drug-likeness (QED) is 0.388. The highest BCUT2D eigenvalue weighted by Crippen LogP contribution is 2.47. The number of esters is 1. The van der Waals surface area contributed by atoms with Crippen LogP contribution < -0.4 is 15.0 Å². The van der Waals surface area contributed by atoms with Crippen LogP contribution in [0.4, 0.5) is 10.1 Å². The first-order chi connectivity index (χ1) is 17.4. The number of ether oxygens (including phenoxy) is 1. The molecule has 2 fully saturated rings. The number of aromatic amines is 1. The number of halogens is 2. The molecule has 0 atom stereocenters. The second-order valence-corrected chi connectivity index (χ2v) is 9.57. The number of carbonyl (C=O) groups is 3. The van der Waals surface area contributed by atoms with E-state index in [0.717, 1.165) is 0 Å². The maximum absolute atomic E-state index is 13.4. The summed E-state index contributed by atoms with van der Waals surface area (Å²) in [5, 5.41) is 3.15. The molecule has 1 saturated heterocycles. The Kier molecular flexibility index (Phi) is 6.49. The Balaban J connectivity index is 1.20. The van der Waals surface area contributed by atoms with Crippen LogP contribution >= 0.6 is 11.6 Å². The van der Waals surface area contributed by atoms with Gasteiger partial charge in [0.2, 0.25) is 5.91 Å². The van der Waals surface area contributed by atoms with Crippen LogP contribution in [0, 0.1) is 11.2 Å². The number of imidazole rings is 1. The lowest BCUT2D eigenvalue weighted by atomic mass is 9.71. The number of amides is 2. The van der Waals surface area contributed by atoms with Crippen LogP contribution in [0.5, 0.6) is 5.75 Å². The first-order valence-electron chi connectivity index (χ1n) is 11.7. The van der Waals surface area contributed by atoms with E-state index in [2.05, 4.69) is 15.3 Å². The monoisotopic (exact) mass is 510 g/mol. The molecule has 2 aromatic carbocycles. The zero-order chi connectivity index (χ0) is 25.3. The lowest BCUT2D eigenvalue weighted by Gasteiger charge is -2.36. The highest BCUT2D eigenvalue weighted by atomic mass is 35.5. The summed E-state index contributed by atoms with van der Waals surface area (Å²) >= 11 is 6.19. The zero-order valence-corrected chi connectivity index (χ0v) is 20.1. The second-order valence-electron chi connectivity index (χ2n) is 9.16. The van der Waals surface area contributed by atoms with Crippen molar-refractivity contribution >= 4 is 35.1 Å². The van der Waals surface area contributed by atoms with E-state index in [4.69, 9.17) is 16.3 Å². The minimum atomic E-state index is -0.706. The second kappa shape index (κ2) is 9.73. The Hall–Kier alpha value is -3.72. The molecule has 0 radical (unpaired) electrons. The van der Waals surface area contributed by atoms with E-state index < -0.39 is 23.1 Å². The van der Waals surface area contributed by atoms with Gasteiger partial charge in [-0.15, -0.1) is 0 Å². The third kappa shape index (κ3) is 4.58. The van der Waals surface area contributed by atoms with E-state index in [9.17, 15) is 18.8 Å². The van der Waals surface area contributed by atoms with Gasteiger partial charge >= 0.3 is 5.97 Å². The van der Waals surface area contributed by atoms with E-state index in [1.165, 1.54) is 24.5 Å². The van der Waals surface area contributed by atoms with Crippen molar-refractivity contribution in [1.29, 1.82) is 0 Å². The molecule has 1 aliphatic carbocycles. The van der Waals surface area contributed by atoms with Gasteiger partial charge in [-0.2, -0.15) is 0 Å². The van der Waals surface area contributed by atoms with Crippen molar-refractivity contribution < 1.29 is 23.5 Å². The van der Waals surface area contributed by atoms with Crippen LogP contribution in [0.1, 0.15) is 53.1 Å². The van der Waals surface area contributed by atoms with Crippen molar-refractivity contribution in [2.75, 3.05) is 11.4 Å².